The predicted octanol–water partition coefficient (Wildman–Crippen LogP) is 2.86. The lowest BCUT2D eigenvalue weighted by molar-refractivity contribution is -0.111. The minimum atomic E-state index is -0.606. The van der Waals surface area contributed by atoms with Gasteiger partial charge in [0.05, 0.1) is 30.3 Å². The molecule has 6 nitrogen and oxygen atoms in total. The Kier molecular flexibility index (Phi) is 5.75. The third-order valence-corrected chi connectivity index (χ3v) is 4.17. The number of hydrogen-bond donors (Lipinski definition) is 1. The van der Waals surface area contributed by atoms with Gasteiger partial charge in [-0.1, -0.05) is 0 Å². The van der Waals surface area contributed by atoms with Gasteiger partial charge in [-0.25, -0.2) is 18.7 Å². The lowest BCUT2D eigenvalue weighted by atomic mass is 10.2. The van der Waals surface area contributed by atoms with Crippen molar-refractivity contribution in [3.63, 3.8) is 0 Å². The van der Waals surface area contributed by atoms with Gasteiger partial charge < -0.3 is 15.0 Å². The maximum atomic E-state index is 13.6. The quantitative estimate of drug-likeness (QED) is 0.834. The number of nitrogens with zero attached hydrogens (tertiary/aromatic N) is 3. The maximum absolute atomic E-state index is 13.6. The first-order chi connectivity index (χ1) is 12.9. The van der Waals surface area contributed by atoms with Crippen LogP contribution < -0.4 is 10.2 Å². The average molecular weight is 374 g/mol. The number of anilines is 2. The minimum Gasteiger partial charge on any atom is -0.378 e. The second-order valence-electron chi connectivity index (χ2n) is 6.16. The van der Waals surface area contributed by atoms with Gasteiger partial charge in [0.25, 0.3) is 0 Å². The van der Waals surface area contributed by atoms with Gasteiger partial charge in [0.15, 0.2) is 0 Å². The summed E-state index contributed by atoms with van der Waals surface area (Å²) < 4.78 is 32.1. The van der Waals surface area contributed by atoms with Crippen molar-refractivity contribution in [3.05, 3.63) is 52.9 Å². The van der Waals surface area contributed by atoms with Gasteiger partial charge >= 0.3 is 0 Å². The van der Waals surface area contributed by atoms with Gasteiger partial charge in [0.2, 0.25) is 11.9 Å². The number of halogens is 2. The summed E-state index contributed by atoms with van der Waals surface area (Å²) >= 11 is 0. The van der Waals surface area contributed by atoms with E-state index in [1.165, 1.54) is 6.08 Å². The van der Waals surface area contributed by atoms with E-state index in [0.717, 1.165) is 24.3 Å². The SMILES string of the molecule is Cc1nc(N2CCOCC2)nc(C)c1NC(=O)/C=C/c1cc(F)ccc1F. The molecular weight excluding hydrogens is 354 g/mol. The first-order valence-electron chi connectivity index (χ1n) is 8.56. The third-order valence-electron chi connectivity index (χ3n) is 4.17. The molecule has 2 heterocycles. The third kappa shape index (κ3) is 4.65. The minimum absolute atomic E-state index is 0.00231. The van der Waals surface area contributed by atoms with Gasteiger partial charge in [-0.15, -0.1) is 0 Å². The van der Waals surface area contributed by atoms with Crippen LogP contribution in [0, 0.1) is 25.5 Å². The molecule has 1 aromatic carbocycles. The van der Waals surface area contributed by atoms with Crippen LogP contribution in [-0.4, -0.2) is 42.2 Å². The number of rotatable bonds is 4. The number of carbonyl (C=O) groups excluding carboxylic acids is 1. The van der Waals surface area contributed by atoms with Crippen LogP contribution >= 0.6 is 0 Å². The number of ether oxygens (including phenoxy) is 1. The zero-order valence-corrected chi connectivity index (χ0v) is 15.1. The molecule has 0 spiro atoms. The fourth-order valence-corrected chi connectivity index (χ4v) is 2.76. The lowest BCUT2D eigenvalue weighted by Crippen LogP contribution is -2.37. The van der Waals surface area contributed by atoms with E-state index in [1.54, 1.807) is 13.8 Å². The molecule has 1 aliphatic heterocycles. The Morgan fingerprint density at radius 1 is 1.19 bits per heavy atom. The second-order valence-corrected chi connectivity index (χ2v) is 6.16. The summed E-state index contributed by atoms with van der Waals surface area (Å²) in [6.07, 6.45) is 2.37. The number of aryl methyl sites for hydroxylation is 2. The highest BCUT2D eigenvalue weighted by atomic mass is 19.1. The van der Waals surface area contributed by atoms with Crippen molar-refractivity contribution >= 4 is 23.6 Å². The van der Waals surface area contributed by atoms with E-state index >= 15 is 0 Å². The molecule has 0 saturated carbocycles. The maximum Gasteiger partial charge on any atom is 0.248 e. The first-order valence-corrected chi connectivity index (χ1v) is 8.56. The van der Waals surface area contributed by atoms with Gasteiger partial charge in [0, 0.05) is 24.7 Å². The van der Waals surface area contributed by atoms with Crippen LogP contribution in [0.25, 0.3) is 6.08 Å². The Morgan fingerprint density at radius 3 is 2.52 bits per heavy atom. The Bertz CT molecular complexity index is 857. The molecule has 1 amide bonds. The van der Waals surface area contributed by atoms with E-state index in [9.17, 15) is 13.6 Å². The van der Waals surface area contributed by atoms with Crippen molar-refractivity contribution in [2.45, 2.75) is 13.8 Å². The lowest BCUT2D eigenvalue weighted by Gasteiger charge is -2.27. The molecule has 1 aromatic heterocycles. The van der Waals surface area contributed by atoms with E-state index in [1.807, 2.05) is 4.90 Å². The van der Waals surface area contributed by atoms with Crippen molar-refractivity contribution in [1.82, 2.24) is 9.97 Å². The smallest absolute Gasteiger partial charge is 0.248 e. The highest BCUT2D eigenvalue weighted by Gasteiger charge is 2.17. The van der Waals surface area contributed by atoms with E-state index in [0.29, 0.717) is 49.3 Å². The fraction of sp³-hybridized carbons (Fsp3) is 0.316. The van der Waals surface area contributed by atoms with Gasteiger partial charge in [-0.05, 0) is 38.1 Å². The molecular formula is C19H20F2N4O2. The molecule has 142 valence electrons. The number of aromatic nitrogens is 2. The van der Waals surface area contributed by atoms with Crippen molar-refractivity contribution in [3.8, 4) is 0 Å². The molecule has 1 aliphatic rings. The van der Waals surface area contributed by atoms with Gasteiger partial charge in [-0.3, -0.25) is 4.79 Å². The van der Waals surface area contributed by atoms with Crippen LogP contribution in [0.1, 0.15) is 17.0 Å². The molecule has 0 radical (unpaired) electrons. The largest absolute Gasteiger partial charge is 0.378 e. The summed E-state index contributed by atoms with van der Waals surface area (Å²) in [7, 11) is 0. The number of hydrogen-bond acceptors (Lipinski definition) is 5. The Morgan fingerprint density at radius 2 is 1.85 bits per heavy atom. The van der Waals surface area contributed by atoms with Gasteiger partial charge in [-0.2, -0.15) is 0 Å². The fourth-order valence-electron chi connectivity index (χ4n) is 2.76. The van der Waals surface area contributed by atoms with Gasteiger partial charge in [0.1, 0.15) is 11.6 Å². The molecule has 0 unspecified atom stereocenters. The summed E-state index contributed by atoms with van der Waals surface area (Å²) in [6.45, 7) is 6.25. The average Bonchev–Trinajstić information content (AvgIpc) is 2.66. The van der Waals surface area contributed by atoms with Crippen LogP contribution in [0.3, 0.4) is 0 Å². The molecule has 1 N–H and O–H groups in total. The number of amides is 1. The molecule has 0 atom stereocenters. The molecule has 2 aromatic rings. The highest BCUT2D eigenvalue weighted by molar-refractivity contribution is 6.02. The van der Waals surface area contributed by atoms with Crippen LogP contribution in [0.5, 0.6) is 0 Å². The number of morpholine rings is 1. The predicted molar refractivity (Wildman–Crippen MR) is 98.6 cm³/mol. The number of nitrogens with one attached hydrogen (secondary N) is 1. The van der Waals surface area contributed by atoms with E-state index in [2.05, 4.69) is 15.3 Å². The Labute approximate surface area is 155 Å². The molecule has 0 aliphatic carbocycles. The van der Waals surface area contributed by atoms with Crippen LogP contribution in [0.4, 0.5) is 20.4 Å². The molecule has 27 heavy (non-hydrogen) atoms. The van der Waals surface area contributed by atoms with E-state index in [-0.39, 0.29) is 5.56 Å². The zero-order chi connectivity index (χ0) is 19.4. The van der Waals surface area contributed by atoms with Crippen molar-refractivity contribution < 1.29 is 18.3 Å². The van der Waals surface area contributed by atoms with E-state index in [4.69, 9.17) is 4.74 Å². The number of benzene rings is 1. The second kappa shape index (κ2) is 8.22. The molecule has 3 rings (SSSR count). The van der Waals surface area contributed by atoms with Crippen LogP contribution in [0.15, 0.2) is 24.3 Å². The number of carbonyl (C=O) groups is 1. The van der Waals surface area contributed by atoms with E-state index < -0.39 is 17.5 Å². The summed E-state index contributed by atoms with van der Waals surface area (Å²) in [4.78, 5) is 23.1. The summed E-state index contributed by atoms with van der Waals surface area (Å²) in [5.41, 5.74) is 1.75. The molecule has 8 heteroatoms. The molecule has 0 bridgehead atoms. The van der Waals surface area contributed by atoms with Crippen LogP contribution in [-0.2, 0) is 9.53 Å². The summed E-state index contributed by atoms with van der Waals surface area (Å²) in [5, 5.41) is 2.70. The van der Waals surface area contributed by atoms with Crippen molar-refractivity contribution in [2.24, 2.45) is 0 Å². The zero-order valence-electron chi connectivity index (χ0n) is 15.1. The molecule has 1 fully saturated rings. The van der Waals surface area contributed by atoms with Crippen LogP contribution in [0.2, 0.25) is 0 Å². The Balaban J connectivity index is 1.73. The first kappa shape index (κ1) is 18.9. The van der Waals surface area contributed by atoms with Crippen molar-refractivity contribution in [1.29, 1.82) is 0 Å². The summed E-state index contributed by atoms with van der Waals surface area (Å²) in [5.74, 6) is -1.06. The van der Waals surface area contributed by atoms with Crippen molar-refractivity contribution in [2.75, 3.05) is 36.5 Å². The molecule has 1 saturated heterocycles. The topological polar surface area (TPSA) is 67.3 Å². The normalized spacial score (nSPS) is 14.6. The standard InChI is InChI=1S/C19H20F2N4O2/c1-12-18(13(2)23-19(22-12)25-7-9-27-10-8-25)24-17(26)6-3-14-11-15(20)4-5-16(14)21/h3-6,11H,7-10H2,1-2H3,(H,24,26)/b6-3+. The summed E-state index contributed by atoms with van der Waals surface area (Å²) in [6, 6.07) is 3.06. The monoisotopic (exact) mass is 374 g/mol. The Hall–Kier alpha value is -2.87. The highest BCUT2D eigenvalue weighted by Crippen LogP contribution is 2.21.